The Kier molecular flexibility index (Phi) is 4.05. The van der Waals surface area contributed by atoms with Crippen LogP contribution in [0.4, 0.5) is 10.2 Å². The number of pyridine rings is 1. The van der Waals surface area contributed by atoms with Crippen LogP contribution in [0.3, 0.4) is 0 Å². The third kappa shape index (κ3) is 3.05. The molecule has 4 rings (SSSR count). The summed E-state index contributed by atoms with van der Waals surface area (Å²) in [6, 6.07) is 10.4. The summed E-state index contributed by atoms with van der Waals surface area (Å²) in [5.74, 6) is 0.314. The summed E-state index contributed by atoms with van der Waals surface area (Å²) in [6.45, 7) is 1.59. The molecule has 0 spiro atoms. The quantitative estimate of drug-likeness (QED) is 0.713. The predicted octanol–water partition coefficient (Wildman–Crippen LogP) is 3.69. The number of anilines is 1. The first-order valence-corrected chi connectivity index (χ1v) is 8.40. The Morgan fingerprint density at radius 1 is 1.28 bits per heavy atom. The van der Waals surface area contributed by atoms with Crippen molar-refractivity contribution in [1.29, 1.82) is 0 Å². The molecule has 0 aliphatic carbocycles. The average molecular weight is 341 g/mol. The van der Waals surface area contributed by atoms with Crippen LogP contribution in [0.5, 0.6) is 5.75 Å². The van der Waals surface area contributed by atoms with Crippen molar-refractivity contribution in [3.63, 3.8) is 0 Å². The molecule has 3 heterocycles. The fourth-order valence-electron chi connectivity index (χ4n) is 3.41. The Hall–Kier alpha value is -2.60. The van der Waals surface area contributed by atoms with Crippen molar-refractivity contribution < 1.29 is 14.2 Å². The number of aromatic nitrogens is 2. The normalized spacial score (nSPS) is 18.0. The van der Waals surface area contributed by atoms with Gasteiger partial charge in [-0.15, -0.1) is 0 Å². The number of H-pyrrole nitrogens is 1. The fraction of sp³-hybridized carbons (Fsp3) is 0.316. The van der Waals surface area contributed by atoms with Crippen molar-refractivity contribution in [2.45, 2.75) is 18.9 Å². The van der Waals surface area contributed by atoms with E-state index in [2.05, 4.69) is 14.9 Å². The number of methoxy groups -OCH3 is 1. The lowest BCUT2D eigenvalue weighted by Gasteiger charge is -2.32. The van der Waals surface area contributed by atoms with Gasteiger partial charge in [-0.2, -0.15) is 4.39 Å². The molecule has 2 aromatic heterocycles. The molecule has 3 aromatic rings. The summed E-state index contributed by atoms with van der Waals surface area (Å²) in [5.41, 5.74) is 1.90. The number of aromatic hydroxyl groups is 1. The van der Waals surface area contributed by atoms with Gasteiger partial charge in [0, 0.05) is 31.1 Å². The van der Waals surface area contributed by atoms with Crippen LogP contribution in [0.2, 0.25) is 0 Å². The van der Waals surface area contributed by atoms with Crippen LogP contribution >= 0.6 is 0 Å². The van der Waals surface area contributed by atoms with Crippen molar-refractivity contribution in [1.82, 2.24) is 9.97 Å². The lowest BCUT2D eigenvalue weighted by molar-refractivity contribution is 0.0891. The molecule has 1 saturated heterocycles. The molecule has 1 atom stereocenters. The molecule has 0 saturated carbocycles. The molecule has 1 aliphatic rings. The van der Waals surface area contributed by atoms with E-state index in [1.807, 2.05) is 12.1 Å². The number of phenolic OH excluding ortho intramolecular Hbond substituents is 1. The molecule has 0 amide bonds. The van der Waals surface area contributed by atoms with Gasteiger partial charge in [0.2, 0.25) is 5.95 Å². The van der Waals surface area contributed by atoms with Gasteiger partial charge in [0.15, 0.2) is 0 Å². The van der Waals surface area contributed by atoms with E-state index in [-0.39, 0.29) is 11.9 Å². The highest BCUT2D eigenvalue weighted by molar-refractivity contribution is 5.87. The second-order valence-electron chi connectivity index (χ2n) is 6.41. The number of ether oxygens (including phenoxy) is 1. The number of aromatic amines is 1. The summed E-state index contributed by atoms with van der Waals surface area (Å²) in [6.07, 6.45) is 2.20. The van der Waals surface area contributed by atoms with Crippen LogP contribution in [0, 0.1) is 5.95 Å². The van der Waals surface area contributed by atoms with Gasteiger partial charge in [-0.1, -0.05) is 0 Å². The molecule has 1 aliphatic heterocycles. The number of benzene rings is 1. The van der Waals surface area contributed by atoms with Crippen LogP contribution in [0.1, 0.15) is 12.8 Å². The zero-order valence-corrected chi connectivity index (χ0v) is 14.0. The van der Waals surface area contributed by atoms with Gasteiger partial charge in [0.25, 0.3) is 0 Å². The molecule has 1 fully saturated rings. The van der Waals surface area contributed by atoms with Crippen LogP contribution in [-0.4, -0.2) is 41.4 Å². The second-order valence-corrected chi connectivity index (χ2v) is 6.41. The van der Waals surface area contributed by atoms with Gasteiger partial charge in [-0.05, 0) is 49.2 Å². The molecule has 6 heteroatoms. The Bertz CT molecular complexity index is 909. The van der Waals surface area contributed by atoms with Crippen molar-refractivity contribution in [2.24, 2.45) is 0 Å². The van der Waals surface area contributed by atoms with Gasteiger partial charge in [0.05, 0.1) is 17.4 Å². The minimum absolute atomic E-state index is 0.166. The molecule has 2 N–H and O–H groups in total. The minimum atomic E-state index is -0.507. The number of piperidine rings is 1. The van der Waals surface area contributed by atoms with Crippen LogP contribution in [0.25, 0.3) is 22.2 Å². The average Bonchev–Trinajstić information content (AvgIpc) is 3.04. The summed E-state index contributed by atoms with van der Waals surface area (Å²) < 4.78 is 20.1. The number of hydrogen-bond acceptors (Lipinski definition) is 4. The van der Waals surface area contributed by atoms with Crippen molar-refractivity contribution in [3.05, 3.63) is 42.3 Å². The first-order valence-electron chi connectivity index (χ1n) is 8.40. The lowest BCUT2D eigenvalue weighted by Crippen LogP contribution is -2.39. The summed E-state index contributed by atoms with van der Waals surface area (Å²) in [5, 5.41) is 10.4. The molecule has 0 radical (unpaired) electrons. The van der Waals surface area contributed by atoms with Crippen molar-refractivity contribution in [3.8, 4) is 17.0 Å². The molecule has 5 nitrogen and oxygen atoms in total. The third-order valence-corrected chi connectivity index (χ3v) is 4.76. The maximum absolute atomic E-state index is 14.6. The zero-order valence-electron chi connectivity index (χ0n) is 14.0. The first kappa shape index (κ1) is 15.9. The SMILES string of the molecule is CO[C@@H]1CCCN(c2ccc(-c3cc4cc(O)ccc4[nH]3)c(F)n2)C1. The van der Waals surface area contributed by atoms with E-state index in [0.717, 1.165) is 36.8 Å². The van der Waals surface area contributed by atoms with Gasteiger partial charge in [-0.3, -0.25) is 0 Å². The number of hydrogen-bond donors (Lipinski definition) is 2. The standard InChI is InChI=1S/C19H20FN3O2/c1-25-14-3-2-8-23(11-14)18-7-5-15(19(20)22-18)17-10-12-9-13(24)4-6-16(12)21-17/h4-7,9-10,14,21,24H,2-3,8,11H2,1H3/t14-/m1/s1. The Morgan fingerprint density at radius 2 is 2.16 bits per heavy atom. The number of phenols is 1. The van der Waals surface area contributed by atoms with E-state index in [0.29, 0.717) is 17.1 Å². The van der Waals surface area contributed by atoms with E-state index in [1.165, 1.54) is 0 Å². The number of nitrogens with one attached hydrogen (secondary N) is 1. The van der Waals surface area contributed by atoms with E-state index in [9.17, 15) is 9.50 Å². The Morgan fingerprint density at radius 3 is 2.96 bits per heavy atom. The molecule has 25 heavy (non-hydrogen) atoms. The highest BCUT2D eigenvalue weighted by Gasteiger charge is 2.21. The molecule has 130 valence electrons. The van der Waals surface area contributed by atoms with E-state index < -0.39 is 5.95 Å². The minimum Gasteiger partial charge on any atom is -0.508 e. The van der Waals surface area contributed by atoms with Crippen LogP contribution in [-0.2, 0) is 4.74 Å². The third-order valence-electron chi connectivity index (χ3n) is 4.76. The largest absolute Gasteiger partial charge is 0.508 e. The lowest BCUT2D eigenvalue weighted by atomic mass is 10.1. The number of nitrogens with zero attached hydrogens (tertiary/aromatic N) is 2. The van der Waals surface area contributed by atoms with Crippen LogP contribution in [0.15, 0.2) is 36.4 Å². The van der Waals surface area contributed by atoms with Gasteiger partial charge >= 0.3 is 0 Å². The predicted molar refractivity (Wildman–Crippen MR) is 95.4 cm³/mol. The van der Waals surface area contributed by atoms with Gasteiger partial charge in [0.1, 0.15) is 11.6 Å². The Balaban J connectivity index is 1.64. The van der Waals surface area contributed by atoms with E-state index in [4.69, 9.17) is 4.74 Å². The van der Waals surface area contributed by atoms with Crippen molar-refractivity contribution in [2.75, 3.05) is 25.1 Å². The van der Waals surface area contributed by atoms with E-state index in [1.54, 1.807) is 31.4 Å². The first-order chi connectivity index (χ1) is 12.1. The fourth-order valence-corrected chi connectivity index (χ4v) is 3.41. The molecular weight excluding hydrogens is 321 g/mol. The summed E-state index contributed by atoms with van der Waals surface area (Å²) in [7, 11) is 1.71. The molecular formula is C19H20FN3O2. The van der Waals surface area contributed by atoms with Crippen molar-refractivity contribution >= 4 is 16.7 Å². The molecule has 1 aromatic carbocycles. The van der Waals surface area contributed by atoms with E-state index >= 15 is 0 Å². The maximum atomic E-state index is 14.6. The second kappa shape index (κ2) is 6.37. The summed E-state index contributed by atoms with van der Waals surface area (Å²) >= 11 is 0. The van der Waals surface area contributed by atoms with Gasteiger partial charge < -0.3 is 19.7 Å². The molecule has 0 bridgehead atoms. The summed E-state index contributed by atoms with van der Waals surface area (Å²) in [4.78, 5) is 9.40. The Labute approximate surface area is 145 Å². The topological polar surface area (TPSA) is 61.4 Å². The number of halogens is 1. The highest BCUT2D eigenvalue weighted by Crippen LogP contribution is 2.29. The number of fused-ring (bicyclic) bond motifs is 1. The monoisotopic (exact) mass is 341 g/mol. The zero-order chi connectivity index (χ0) is 17.4. The molecule has 0 unspecified atom stereocenters. The maximum Gasteiger partial charge on any atom is 0.224 e. The highest BCUT2D eigenvalue weighted by atomic mass is 19.1. The van der Waals surface area contributed by atoms with Gasteiger partial charge in [-0.25, -0.2) is 4.98 Å². The number of rotatable bonds is 3. The van der Waals surface area contributed by atoms with Crippen LogP contribution < -0.4 is 4.90 Å². The smallest absolute Gasteiger partial charge is 0.224 e.